The van der Waals surface area contributed by atoms with E-state index in [1.54, 1.807) is 18.2 Å². The molecule has 4 fully saturated rings. The molecule has 234 valence electrons. The van der Waals surface area contributed by atoms with Crippen LogP contribution in [0, 0.1) is 34.9 Å². The van der Waals surface area contributed by atoms with Gasteiger partial charge in [-0.3, -0.25) is 14.2 Å². The van der Waals surface area contributed by atoms with Crippen LogP contribution in [0.2, 0.25) is 0 Å². The highest BCUT2D eigenvalue weighted by Gasteiger charge is 2.56. The van der Waals surface area contributed by atoms with Crippen LogP contribution in [-0.4, -0.2) is 52.6 Å². The van der Waals surface area contributed by atoms with E-state index in [2.05, 4.69) is 36.0 Å². The Morgan fingerprint density at radius 3 is 2.75 bits per heavy atom. The van der Waals surface area contributed by atoms with Crippen molar-refractivity contribution >= 4 is 28.5 Å². The predicted molar refractivity (Wildman–Crippen MR) is 170 cm³/mol. The fraction of sp³-hybridized carbons (Fsp3) is 0.529. The average Bonchev–Trinajstić information content (AvgIpc) is 3.01. The van der Waals surface area contributed by atoms with E-state index < -0.39 is 0 Å². The molecule has 1 saturated heterocycles. The summed E-state index contributed by atoms with van der Waals surface area (Å²) in [7, 11) is 1.50. The minimum atomic E-state index is -0.362. The molecule has 0 spiro atoms. The van der Waals surface area contributed by atoms with Crippen LogP contribution in [0.4, 0.5) is 10.1 Å². The number of amides is 1. The molecule has 0 radical (unpaired) electrons. The number of carbonyl (C=O) groups is 1. The maximum Gasteiger partial charge on any atom is 0.261 e. The van der Waals surface area contributed by atoms with Gasteiger partial charge in [0.1, 0.15) is 11.6 Å². The number of aryl methyl sites for hydroxylation is 2. The first-order valence-electron chi connectivity index (χ1n) is 15.8. The zero-order valence-corrected chi connectivity index (χ0v) is 26.1. The van der Waals surface area contributed by atoms with Crippen molar-refractivity contribution in [3.8, 4) is 5.75 Å². The standard InChI is InChI=1S/C34H43FN6O3/c1-20-27-14-23(34(27,2)3)15-29(20)39-33(40-12-5-6-22(18-40)31(36)42)38-24-8-10-26-30(16-24)37-19-41(32(26)43)13-11-21-7-9-25(44-4)17-28(21)35/h7-10,16-17,19-20,22-23,27,29H,5-6,11-15,18H2,1-4H3,(H2,36,42)(H,38,39)/t20-,22?,23-,27+,29?/m0/s1. The number of ether oxygens (including phenoxy) is 1. The number of guanidine groups is 1. The number of primary amides is 1. The molecule has 2 aromatic carbocycles. The Balaban J connectivity index is 1.24. The molecule has 9 nitrogen and oxygen atoms in total. The van der Waals surface area contributed by atoms with E-state index in [1.807, 2.05) is 12.1 Å². The third kappa shape index (κ3) is 5.66. The van der Waals surface area contributed by atoms with E-state index in [0.717, 1.165) is 37.5 Å². The van der Waals surface area contributed by atoms with Gasteiger partial charge in [0.25, 0.3) is 5.56 Å². The van der Waals surface area contributed by atoms with E-state index in [-0.39, 0.29) is 29.2 Å². The Morgan fingerprint density at radius 2 is 2.05 bits per heavy atom. The fourth-order valence-electron chi connectivity index (χ4n) is 7.67. The summed E-state index contributed by atoms with van der Waals surface area (Å²) in [5.74, 6) is 2.15. The largest absolute Gasteiger partial charge is 0.497 e. The first-order valence-corrected chi connectivity index (χ1v) is 15.8. The molecule has 4 aliphatic rings. The molecular weight excluding hydrogens is 559 g/mol. The molecule has 3 N–H and O–H groups in total. The number of rotatable bonds is 7. The number of nitrogens with zero attached hydrogens (tertiary/aromatic N) is 4. The van der Waals surface area contributed by atoms with Gasteiger partial charge in [-0.25, -0.2) is 14.4 Å². The number of hydrogen-bond acceptors (Lipinski definition) is 5. The van der Waals surface area contributed by atoms with Gasteiger partial charge in [-0.1, -0.05) is 26.8 Å². The summed E-state index contributed by atoms with van der Waals surface area (Å²) < 4.78 is 21.0. The van der Waals surface area contributed by atoms with Gasteiger partial charge in [0.15, 0.2) is 5.96 Å². The maximum atomic E-state index is 14.4. The Labute approximate surface area is 257 Å². The number of hydrogen-bond donors (Lipinski definition) is 2. The Morgan fingerprint density at radius 1 is 1.23 bits per heavy atom. The third-order valence-corrected chi connectivity index (χ3v) is 10.7. The van der Waals surface area contributed by atoms with Crippen molar-refractivity contribution in [2.75, 3.05) is 25.5 Å². The summed E-state index contributed by atoms with van der Waals surface area (Å²) >= 11 is 0. The van der Waals surface area contributed by atoms with Crippen LogP contribution in [0.25, 0.3) is 10.9 Å². The average molecular weight is 603 g/mol. The molecule has 1 aliphatic heterocycles. The lowest BCUT2D eigenvalue weighted by molar-refractivity contribution is -0.122. The summed E-state index contributed by atoms with van der Waals surface area (Å²) in [5.41, 5.74) is 7.75. The number of likely N-dealkylation sites (tertiary alicyclic amines) is 1. The molecule has 1 aromatic heterocycles. The Bertz CT molecular complexity index is 1650. The zero-order valence-electron chi connectivity index (χ0n) is 26.1. The molecule has 2 bridgehead atoms. The number of nitrogens with one attached hydrogen (secondary N) is 1. The van der Waals surface area contributed by atoms with E-state index in [9.17, 15) is 14.0 Å². The lowest BCUT2D eigenvalue weighted by Gasteiger charge is -2.61. The molecule has 2 heterocycles. The zero-order chi connectivity index (χ0) is 31.2. The van der Waals surface area contributed by atoms with Gasteiger partial charge >= 0.3 is 0 Å². The smallest absolute Gasteiger partial charge is 0.261 e. The van der Waals surface area contributed by atoms with Crippen molar-refractivity contribution in [2.24, 2.45) is 39.8 Å². The highest BCUT2D eigenvalue weighted by Crippen LogP contribution is 2.61. The third-order valence-electron chi connectivity index (χ3n) is 10.7. The van der Waals surface area contributed by atoms with Crippen molar-refractivity contribution in [1.29, 1.82) is 0 Å². The first-order chi connectivity index (χ1) is 21.0. The van der Waals surface area contributed by atoms with Crippen molar-refractivity contribution < 1.29 is 13.9 Å². The monoisotopic (exact) mass is 602 g/mol. The summed E-state index contributed by atoms with van der Waals surface area (Å²) in [6.07, 6.45) is 5.86. The van der Waals surface area contributed by atoms with Gasteiger partial charge in [-0.2, -0.15) is 0 Å². The van der Waals surface area contributed by atoms with Crippen molar-refractivity contribution in [2.45, 2.75) is 65.5 Å². The summed E-state index contributed by atoms with van der Waals surface area (Å²) in [4.78, 5) is 37.5. The van der Waals surface area contributed by atoms with Crippen molar-refractivity contribution in [3.63, 3.8) is 0 Å². The number of piperidine rings is 1. The quantitative estimate of drug-likeness (QED) is 0.296. The number of aromatic nitrogens is 2. The summed E-state index contributed by atoms with van der Waals surface area (Å²) in [5, 5.41) is 4.03. The van der Waals surface area contributed by atoms with E-state index in [0.29, 0.717) is 64.9 Å². The second-order valence-corrected chi connectivity index (χ2v) is 13.5. The van der Waals surface area contributed by atoms with Gasteiger partial charge in [-0.15, -0.1) is 0 Å². The van der Waals surface area contributed by atoms with Gasteiger partial charge in [-0.05, 0) is 85.1 Å². The minimum absolute atomic E-state index is 0.178. The first kappa shape index (κ1) is 30.1. The van der Waals surface area contributed by atoms with Crippen LogP contribution in [-0.2, 0) is 17.8 Å². The molecule has 10 heteroatoms. The van der Waals surface area contributed by atoms with E-state index in [4.69, 9.17) is 15.5 Å². The second kappa shape index (κ2) is 11.9. The van der Waals surface area contributed by atoms with E-state index >= 15 is 0 Å². The number of carbonyl (C=O) groups excluding carboxylic acids is 1. The molecule has 3 aromatic rings. The number of anilines is 1. The lowest BCUT2D eigenvalue weighted by atomic mass is 9.45. The fourth-order valence-corrected chi connectivity index (χ4v) is 7.67. The van der Waals surface area contributed by atoms with Crippen LogP contribution < -0.4 is 21.3 Å². The Hall–Kier alpha value is -3.95. The number of benzene rings is 2. The van der Waals surface area contributed by atoms with E-state index in [1.165, 1.54) is 30.5 Å². The highest BCUT2D eigenvalue weighted by atomic mass is 19.1. The maximum absolute atomic E-state index is 14.4. The Kier molecular flexibility index (Phi) is 8.11. The highest BCUT2D eigenvalue weighted by molar-refractivity contribution is 5.96. The summed E-state index contributed by atoms with van der Waals surface area (Å²) in [6.45, 7) is 8.72. The minimum Gasteiger partial charge on any atom is -0.497 e. The normalized spacial score (nSPS) is 26.2. The van der Waals surface area contributed by atoms with Gasteiger partial charge < -0.3 is 20.7 Å². The van der Waals surface area contributed by atoms with Crippen LogP contribution in [0.3, 0.4) is 0 Å². The molecule has 5 atom stereocenters. The molecular formula is C34H43FN6O3. The summed E-state index contributed by atoms with van der Waals surface area (Å²) in [6, 6.07) is 10.4. The predicted octanol–water partition coefficient (Wildman–Crippen LogP) is 4.82. The van der Waals surface area contributed by atoms with Gasteiger partial charge in [0.2, 0.25) is 5.91 Å². The van der Waals surface area contributed by atoms with Crippen LogP contribution in [0.1, 0.15) is 52.0 Å². The number of aliphatic imine (C=N–C) groups is 1. The number of nitrogens with two attached hydrogens (primary N) is 1. The van der Waals surface area contributed by atoms with Crippen LogP contribution >= 0.6 is 0 Å². The van der Waals surface area contributed by atoms with Gasteiger partial charge in [0, 0.05) is 31.4 Å². The number of methoxy groups -OCH3 is 1. The number of fused-ring (bicyclic) bond motifs is 3. The molecule has 2 unspecified atom stereocenters. The van der Waals surface area contributed by atoms with Crippen molar-refractivity contribution in [1.82, 2.24) is 14.5 Å². The topological polar surface area (TPSA) is 115 Å². The molecule has 1 amide bonds. The van der Waals surface area contributed by atoms with Gasteiger partial charge in [0.05, 0.1) is 36.3 Å². The van der Waals surface area contributed by atoms with Crippen LogP contribution in [0.5, 0.6) is 5.75 Å². The molecule has 44 heavy (non-hydrogen) atoms. The molecule has 7 rings (SSSR count). The second-order valence-electron chi connectivity index (χ2n) is 13.5. The van der Waals surface area contributed by atoms with Crippen LogP contribution in [0.15, 0.2) is 52.5 Å². The lowest BCUT2D eigenvalue weighted by Crippen LogP contribution is -2.57. The molecule has 3 aliphatic carbocycles. The number of halogens is 1. The SMILES string of the molecule is COc1ccc(CCn2cnc3cc(NC(=NC4C[C@@H]5C[C@H]([C@@H]4C)C5(C)C)N4CCCC(C(N)=O)C4)ccc3c2=O)c(F)c1. The van der Waals surface area contributed by atoms with Crippen molar-refractivity contribution in [3.05, 3.63) is 64.5 Å². The molecule has 3 saturated carbocycles.